The lowest BCUT2D eigenvalue weighted by molar-refractivity contribution is 0.406. The molecule has 1 aromatic heterocycles. The van der Waals surface area contributed by atoms with Crippen LogP contribution in [0.1, 0.15) is 48.8 Å². The molecule has 2 unspecified atom stereocenters. The first-order chi connectivity index (χ1) is 8.84. The summed E-state index contributed by atoms with van der Waals surface area (Å²) in [6.07, 6.45) is 5.20. The highest BCUT2D eigenvalue weighted by atomic mass is 15.2. The summed E-state index contributed by atoms with van der Waals surface area (Å²) < 4.78 is 0. The van der Waals surface area contributed by atoms with Crippen LogP contribution in [-0.2, 0) is 6.42 Å². The molecule has 0 fully saturated rings. The second kappa shape index (κ2) is 4.90. The van der Waals surface area contributed by atoms with Gasteiger partial charge in [-0.1, -0.05) is 24.3 Å². The van der Waals surface area contributed by atoms with E-state index in [9.17, 15) is 0 Å². The third-order valence-electron chi connectivity index (χ3n) is 3.66. The Morgan fingerprint density at radius 1 is 1.39 bits per heavy atom. The van der Waals surface area contributed by atoms with Gasteiger partial charge in [-0.15, -0.1) is 0 Å². The molecule has 0 bridgehead atoms. The van der Waals surface area contributed by atoms with E-state index in [1.165, 1.54) is 30.4 Å². The minimum atomic E-state index is 0.198. The van der Waals surface area contributed by atoms with Crippen LogP contribution in [0.5, 0.6) is 0 Å². The number of benzene rings is 1. The molecule has 0 saturated heterocycles. The fourth-order valence-corrected chi connectivity index (χ4v) is 2.73. The Kier molecular flexibility index (Phi) is 3.11. The molecular formula is C14H18N4. The van der Waals surface area contributed by atoms with Crippen molar-refractivity contribution in [1.29, 1.82) is 0 Å². The number of hydrogen-bond acceptors (Lipinski definition) is 3. The molecule has 1 aromatic carbocycles. The Hall–Kier alpha value is -1.68. The van der Waals surface area contributed by atoms with E-state index >= 15 is 0 Å². The molecule has 3 rings (SSSR count). The second-order valence-electron chi connectivity index (χ2n) is 4.90. The Labute approximate surface area is 107 Å². The van der Waals surface area contributed by atoms with E-state index in [0.717, 1.165) is 5.82 Å². The fourth-order valence-electron chi connectivity index (χ4n) is 2.73. The van der Waals surface area contributed by atoms with Gasteiger partial charge >= 0.3 is 0 Å². The van der Waals surface area contributed by atoms with Gasteiger partial charge in [-0.3, -0.25) is 5.10 Å². The summed E-state index contributed by atoms with van der Waals surface area (Å²) in [6.45, 7) is 2.12. The largest absolute Gasteiger partial charge is 0.301 e. The van der Waals surface area contributed by atoms with E-state index in [1.807, 2.05) is 0 Å². The Balaban J connectivity index is 1.78. The summed E-state index contributed by atoms with van der Waals surface area (Å²) in [7, 11) is 0. The number of aromatic amines is 1. The summed E-state index contributed by atoms with van der Waals surface area (Å²) >= 11 is 0. The number of fused-ring (bicyclic) bond motifs is 1. The SMILES string of the molecule is CC(NC1CCCc2ccccc21)c1ncn[nH]1. The van der Waals surface area contributed by atoms with Crippen molar-refractivity contribution in [1.82, 2.24) is 20.5 Å². The summed E-state index contributed by atoms with van der Waals surface area (Å²) in [4.78, 5) is 4.21. The van der Waals surface area contributed by atoms with Crippen molar-refractivity contribution in [3.8, 4) is 0 Å². The molecule has 1 aliphatic carbocycles. The molecular weight excluding hydrogens is 224 g/mol. The Morgan fingerprint density at radius 3 is 3.11 bits per heavy atom. The van der Waals surface area contributed by atoms with Crippen molar-refractivity contribution < 1.29 is 0 Å². The molecule has 2 atom stereocenters. The van der Waals surface area contributed by atoms with E-state index in [2.05, 4.69) is 51.7 Å². The van der Waals surface area contributed by atoms with Crippen LogP contribution in [0.25, 0.3) is 0 Å². The number of nitrogens with one attached hydrogen (secondary N) is 2. The molecule has 0 spiro atoms. The number of aryl methyl sites for hydroxylation is 1. The number of hydrogen-bond donors (Lipinski definition) is 2. The molecule has 4 nitrogen and oxygen atoms in total. The first kappa shape index (κ1) is 11.4. The van der Waals surface area contributed by atoms with Gasteiger partial charge < -0.3 is 5.32 Å². The maximum Gasteiger partial charge on any atom is 0.141 e. The number of nitrogens with zero attached hydrogens (tertiary/aromatic N) is 2. The average Bonchev–Trinajstić information content (AvgIpc) is 2.93. The Bertz CT molecular complexity index is 506. The van der Waals surface area contributed by atoms with Crippen LogP contribution < -0.4 is 5.32 Å². The van der Waals surface area contributed by atoms with Crippen molar-refractivity contribution in [2.24, 2.45) is 0 Å². The van der Waals surface area contributed by atoms with Gasteiger partial charge in [0.1, 0.15) is 12.2 Å². The third-order valence-corrected chi connectivity index (χ3v) is 3.66. The van der Waals surface area contributed by atoms with Gasteiger partial charge in [0, 0.05) is 6.04 Å². The lowest BCUT2D eigenvalue weighted by Gasteiger charge is -2.28. The lowest BCUT2D eigenvalue weighted by atomic mass is 9.87. The van der Waals surface area contributed by atoms with E-state index < -0.39 is 0 Å². The van der Waals surface area contributed by atoms with Crippen molar-refractivity contribution in [3.05, 3.63) is 47.5 Å². The van der Waals surface area contributed by atoms with Crippen LogP contribution in [0.4, 0.5) is 0 Å². The van der Waals surface area contributed by atoms with E-state index in [4.69, 9.17) is 0 Å². The molecule has 0 saturated carbocycles. The first-order valence-electron chi connectivity index (χ1n) is 6.53. The Morgan fingerprint density at radius 2 is 2.28 bits per heavy atom. The van der Waals surface area contributed by atoms with E-state index in [-0.39, 0.29) is 6.04 Å². The quantitative estimate of drug-likeness (QED) is 0.869. The van der Waals surface area contributed by atoms with Crippen LogP contribution in [0.2, 0.25) is 0 Å². The molecule has 0 radical (unpaired) electrons. The summed E-state index contributed by atoms with van der Waals surface area (Å²) in [5, 5.41) is 10.5. The first-order valence-corrected chi connectivity index (χ1v) is 6.53. The van der Waals surface area contributed by atoms with Crippen LogP contribution in [0.15, 0.2) is 30.6 Å². The molecule has 94 valence electrons. The zero-order chi connectivity index (χ0) is 12.4. The minimum absolute atomic E-state index is 0.198. The maximum absolute atomic E-state index is 4.21. The van der Waals surface area contributed by atoms with E-state index in [0.29, 0.717) is 6.04 Å². The van der Waals surface area contributed by atoms with E-state index in [1.54, 1.807) is 6.33 Å². The van der Waals surface area contributed by atoms with Crippen LogP contribution in [-0.4, -0.2) is 15.2 Å². The molecule has 0 aliphatic heterocycles. The van der Waals surface area contributed by atoms with Gasteiger partial charge in [0.15, 0.2) is 0 Å². The van der Waals surface area contributed by atoms with Gasteiger partial charge in [-0.05, 0) is 37.3 Å². The molecule has 18 heavy (non-hydrogen) atoms. The highest BCUT2D eigenvalue weighted by Crippen LogP contribution is 2.30. The molecule has 2 aromatic rings. The average molecular weight is 242 g/mol. The fraction of sp³-hybridized carbons (Fsp3) is 0.429. The highest BCUT2D eigenvalue weighted by Gasteiger charge is 2.22. The standard InChI is InChI=1S/C14H18N4/c1-10(14-15-9-16-18-14)17-13-8-4-6-11-5-2-3-7-12(11)13/h2-3,5,7,9-10,13,17H,4,6,8H2,1H3,(H,15,16,18). The predicted octanol–water partition coefficient (Wildman–Crippen LogP) is 2.53. The van der Waals surface area contributed by atoms with Crippen LogP contribution >= 0.6 is 0 Å². The number of rotatable bonds is 3. The van der Waals surface area contributed by atoms with Gasteiger partial charge in [0.2, 0.25) is 0 Å². The number of aromatic nitrogens is 3. The second-order valence-corrected chi connectivity index (χ2v) is 4.90. The lowest BCUT2D eigenvalue weighted by Crippen LogP contribution is -2.28. The predicted molar refractivity (Wildman–Crippen MR) is 70.1 cm³/mol. The minimum Gasteiger partial charge on any atom is -0.301 e. The van der Waals surface area contributed by atoms with Crippen molar-refractivity contribution in [3.63, 3.8) is 0 Å². The van der Waals surface area contributed by atoms with Gasteiger partial charge in [-0.25, -0.2) is 4.98 Å². The smallest absolute Gasteiger partial charge is 0.141 e. The molecule has 2 N–H and O–H groups in total. The number of H-pyrrole nitrogens is 1. The monoisotopic (exact) mass is 242 g/mol. The zero-order valence-corrected chi connectivity index (χ0v) is 10.6. The van der Waals surface area contributed by atoms with Gasteiger partial charge in [0.25, 0.3) is 0 Å². The topological polar surface area (TPSA) is 53.6 Å². The van der Waals surface area contributed by atoms with Crippen molar-refractivity contribution >= 4 is 0 Å². The van der Waals surface area contributed by atoms with Crippen molar-refractivity contribution in [2.75, 3.05) is 0 Å². The highest BCUT2D eigenvalue weighted by molar-refractivity contribution is 5.32. The summed E-state index contributed by atoms with van der Waals surface area (Å²) in [5.41, 5.74) is 2.92. The molecule has 1 heterocycles. The molecule has 4 heteroatoms. The zero-order valence-electron chi connectivity index (χ0n) is 10.6. The van der Waals surface area contributed by atoms with Gasteiger partial charge in [0.05, 0.1) is 6.04 Å². The maximum atomic E-state index is 4.21. The summed E-state index contributed by atoms with van der Waals surface area (Å²) in [5.74, 6) is 0.901. The van der Waals surface area contributed by atoms with Crippen LogP contribution in [0, 0.1) is 0 Å². The van der Waals surface area contributed by atoms with Crippen molar-refractivity contribution in [2.45, 2.75) is 38.3 Å². The molecule has 0 amide bonds. The normalized spacial score (nSPS) is 20.4. The summed E-state index contributed by atoms with van der Waals surface area (Å²) in [6, 6.07) is 9.35. The van der Waals surface area contributed by atoms with Crippen LogP contribution in [0.3, 0.4) is 0 Å². The molecule has 1 aliphatic rings. The third kappa shape index (κ3) is 2.16. The van der Waals surface area contributed by atoms with Gasteiger partial charge in [-0.2, -0.15) is 5.10 Å².